The van der Waals surface area contributed by atoms with E-state index in [1.165, 1.54) is 12.1 Å². The van der Waals surface area contributed by atoms with Crippen molar-refractivity contribution in [3.05, 3.63) is 59.4 Å². The number of methoxy groups -OCH3 is 1. The Morgan fingerprint density at radius 1 is 1.16 bits per heavy atom. The maximum Gasteiger partial charge on any atom is 0.251 e. The summed E-state index contributed by atoms with van der Waals surface area (Å²) in [6.45, 7) is 5.13. The molecular formula is C20H24FNO3. The highest BCUT2D eigenvalue weighted by Gasteiger charge is 2.11. The lowest BCUT2D eigenvalue weighted by molar-refractivity contribution is 0.0953. The largest absolute Gasteiger partial charge is 0.493 e. The number of rotatable bonds is 8. The van der Waals surface area contributed by atoms with Crippen molar-refractivity contribution >= 4 is 5.91 Å². The van der Waals surface area contributed by atoms with Crippen molar-refractivity contribution in [3.8, 4) is 11.5 Å². The molecule has 0 aliphatic carbocycles. The Bertz CT molecular complexity index is 716. The molecule has 0 spiro atoms. The fraction of sp³-hybridized carbons (Fsp3) is 0.350. The van der Waals surface area contributed by atoms with E-state index in [0.29, 0.717) is 42.6 Å². The molecule has 0 aromatic heterocycles. The van der Waals surface area contributed by atoms with E-state index < -0.39 is 0 Å². The fourth-order valence-corrected chi connectivity index (χ4v) is 2.30. The molecule has 1 N–H and O–H groups in total. The van der Waals surface area contributed by atoms with Gasteiger partial charge in [0.05, 0.1) is 13.7 Å². The van der Waals surface area contributed by atoms with E-state index in [4.69, 9.17) is 9.47 Å². The quantitative estimate of drug-likeness (QED) is 0.791. The maximum atomic E-state index is 13.1. The van der Waals surface area contributed by atoms with Gasteiger partial charge in [0.15, 0.2) is 11.5 Å². The Morgan fingerprint density at radius 2 is 1.96 bits per heavy atom. The fourth-order valence-electron chi connectivity index (χ4n) is 2.30. The number of ether oxygens (including phenoxy) is 2. The van der Waals surface area contributed by atoms with Gasteiger partial charge in [-0.2, -0.15) is 0 Å². The van der Waals surface area contributed by atoms with Gasteiger partial charge in [-0.1, -0.05) is 26.0 Å². The van der Waals surface area contributed by atoms with Crippen LogP contribution in [0.3, 0.4) is 0 Å². The zero-order valence-corrected chi connectivity index (χ0v) is 14.8. The molecule has 4 nitrogen and oxygen atoms in total. The van der Waals surface area contributed by atoms with Crippen LogP contribution in [0.5, 0.6) is 11.5 Å². The van der Waals surface area contributed by atoms with Gasteiger partial charge in [-0.25, -0.2) is 4.39 Å². The van der Waals surface area contributed by atoms with Gasteiger partial charge in [-0.15, -0.1) is 0 Å². The van der Waals surface area contributed by atoms with E-state index in [0.717, 1.165) is 5.56 Å². The summed E-state index contributed by atoms with van der Waals surface area (Å²) in [5.74, 6) is 1.07. The Balaban J connectivity index is 1.94. The average Bonchev–Trinajstić information content (AvgIpc) is 2.59. The second-order valence-electron chi connectivity index (χ2n) is 6.21. The van der Waals surface area contributed by atoms with Crippen molar-refractivity contribution in [3.63, 3.8) is 0 Å². The van der Waals surface area contributed by atoms with Crippen molar-refractivity contribution < 1.29 is 18.7 Å². The normalized spacial score (nSPS) is 10.6. The molecular weight excluding hydrogens is 321 g/mol. The van der Waals surface area contributed by atoms with Crippen molar-refractivity contribution in [2.75, 3.05) is 20.3 Å². The Kier molecular flexibility index (Phi) is 6.81. The minimum Gasteiger partial charge on any atom is -0.493 e. The average molecular weight is 345 g/mol. The lowest BCUT2D eigenvalue weighted by Gasteiger charge is -2.13. The van der Waals surface area contributed by atoms with Gasteiger partial charge in [-0.05, 0) is 48.2 Å². The summed E-state index contributed by atoms with van der Waals surface area (Å²) < 4.78 is 24.1. The first-order valence-electron chi connectivity index (χ1n) is 8.33. The van der Waals surface area contributed by atoms with E-state index in [9.17, 15) is 9.18 Å². The molecule has 1 amide bonds. The molecule has 134 valence electrons. The van der Waals surface area contributed by atoms with Crippen LogP contribution >= 0.6 is 0 Å². The summed E-state index contributed by atoms with van der Waals surface area (Å²) in [6.07, 6.45) is 0.566. The van der Waals surface area contributed by atoms with Gasteiger partial charge in [-0.3, -0.25) is 4.79 Å². The number of nitrogens with one attached hydrogen (secondary N) is 1. The second-order valence-corrected chi connectivity index (χ2v) is 6.21. The molecule has 2 aromatic carbocycles. The SMILES string of the molecule is COc1cc(C(=O)NCCc2cccc(F)c2)ccc1OCC(C)C. The third-order valence-electron chi connectivity index (χ3n) is 3.59. The third kappa shape index (κ3) is 5.78. The second kappa shape index (κ2) is 9.06. The van der Waals surface area contributed by atoms with Crippen molar-refractivity contribution in [1.82, 2.24) is 5.32 Å². The van der Waals surface area contributed by atoms with E-state index in [2.05, 4.69) is 19.2 Å². The lowest BCUT2D eigenvalue weighted by atomic mass is 10.1. The van der Waals surface area contributed by atoms with Crippen LogP contribution in [0.25, 0.3) is 0 Å². The van der Waals surface area contributed by atoms with Crippen molar-refractivity contribution in [1.29, 1.82) is 0 Å². The van der Waals surface area contributed by atoms with Gasteiger partial charge >= 0.3 is 0 Å². The number of amides is 1. The summed E-state index contributed by atoms with van der Waals surface area (Å²) in [5, 5.41) is 2.83. The van der Waals surface area contributed by atoms with Crippen LogP contribution in [-0.4, -0.2) is 26.2 Å². The van der Waals surface area contributed by atoms with E-state index in [1.807, 2.05) is 6.07 Å². The molecule has 0 atom stereocenters. The summed E-state index contributed by atoms with van der Waals surface area (Å²) in [6, 6.07) is 11.5. The number of hydrogen-bond donors (Lipinski definition) is 1. The molecule has 0 saturated carbocycles. The summed E-state index contributed by atoms with van der Waals surface area (Å²) >= 11 is 0. The number of halogens is 1. The smallest absolute Gasteiger partial charge is 0.251 e. The molecule has 0 aliphatic rings. The van der Waals surface area contributed by atoms with E-state index in [1.54, 1.807) is 31.4 Å². The minimum atomic E-state index is -0.273. The molecule has 0 radical (unpaired) electrons. The predicted molar refractivity (Wildman–Crippen MR) is 95.8 cm³/mol. The van der Waals surface area contributed by atoms with Crippen molar-refractivity contribution in [2.45, 2.75) is 20.3 Å². The van der Waals surface area contributed by atoms with Crippen LogP contribution < -0.4 is 14.8 Å². The molecule has 2 aromatic rings. The molecule has 25 heavy (non-hydrogen) atoms. The first-order valence-corrected chi connectivity index (χ1v) is 8.33. The number of carbonyl (C=O) groups is 1. The standard InChI is InChI=1S/C20H24FNO3/c1-14(2)13-25-18-8-7-16(12-19(18)24-3)20(23)22-10-9-15-5-4-6-17(21)11-15/h4-8,11-12,14H,9-10,13H2,1-3H3,(H,22,23). The van der Waals surface area contributed by atoms with Crippen molar-refractivity contribution in [2.24, 2.45) is 5.92 Å². The maximum absolute atomic E-state index is 13.1. The van der Waals surface area contributed by atoms with Gasteiger partial charge in [0, 0.05) is 12.1 Å². The molecule has 5 heteroatoms. The van der Waals surface area contributed by atoms with Gasteiger partial charge in [0.1, 0.15) is 5.82 Å². The van der Waals surface area contributed by atoms with Gasteiger partial charge in [0.25, 0.3) is 5.91 Å². The van der Waals surface area contributed by atoms with Crippen LogP contribution in [0.2, 0.25) is 0 Å². The Hall–Kier alpha value is -2.56. The van der Waals surface area contributed by atoms with Gasteiger partial charge in [0.2, 0.25) is 0 Å². The summed E-state index contributed by atoms with van der Waals surface area (Å²) in [4.78, 5) is 12.3. The van der Waals surface area contributed by atoms with Crippen LogP contribution in [0.4, 0.5) is 4.39 Å². The first kappa shape index (κ1) is 18.8. The number of carbonyl (C=O) groups excluding carboxylic acids is 1. The molecule has 0 saturated heterocycles. The van der Waals surface area contributed by atoms with E-state index in [-0.39, 0.29) is 11.7 Å². The molecule has 0 bridgehead atoms. The van der Waals surface area contributed by atoms with Gasteiger partial charge < -0.3 is 14.8 Å². The third-order valence-corrected chi connectivity index (χ3v) is 3.59. The Morgan fingerprint density at radius 3 is 2.64 bits per heavy atom. The zero-order chi connectivity index (χ0) is 18.2. The zero-order valence-electron chi connectivity index (χ0n) is 14.8. The minimum absolute atomic E-state index is 0.204. The molecule has 2 rings (SSSR count). The Labute approximate surface area is 148 Å². The van der Waals surface area contributed by atoms with Crippen LogP contribution in [0.15, 0.2) is 42.5 Å². The number of hydrogen-bond acceptors (Lipinski definition) is 3. The topological polar surface area (TPSA) is 47.6 Å². The summed E-state index contributed by atoms with van der Waals surface area (Å²) in [5.41, 5.74) is 1.34. The first-order chi connectivity index (χ1) is 12.0. The lowest BCUT2D eigenvalue weighted by Crippen LogP contribution is -2.25. The molecule has 0 fully saturated rings. The van der Waals surface area contributed by atoms with Crippen LogP contribution in [0.1, 0.15) is 29.8 Å². The highest BCUT2D eigenvalue weighted by molar-refractivity contribution is 5.94. The monoisotopic (exact) mass is 345 g/mol. The highest BCUT2D eigenvalue weighted by atomic mass is 19.1. The summed E-state index contributed by atoms with van der Waals surface area (Å²) in [7, 11) is 1.54. The molecule has 0 unspecified atom stereocenters. The van der Waals surface area contributed by atoms with E-state index >= 15 is 0 Å². The van der Waals surface area contributed by atoms with Crippen LogP contribution in [-0.2, 0) is 6.42 Å². The highest BCUT2D eigenvalue weighted by Crippen LogP contribution is 2.28. The number of benzene rings is 2. The predicted octanol–water partition coefficient (Wildman–Crippen LogP) is 3.84. The van der Waals surface area contributed by atoms with Crippen LogP contribution in [0, 0.1) is 11.7 Å². The molecule has 0 heterocycles. The molecule has 0 aliphatic heterocycles.